The number of aromatic nitrogens is 4. The van der Waals surface area contributed by atoms with E-state index in [4.69, 9.17) is 4.74 Å². The van der Waals surface area contributed by atoms with E-state index < -0.39 is 41.6 Å². The molecular formula is C16H15F3N5O5-. The van der Waals surface area contributed by atoms with Gasteiger partial charge >= 0.3 is 6.18 Å². The SMILES string of the molecule is CC1(C)CN(c2ccn(-c3cnnc(C(F)(F)F)c3)n2)C(=O)[C@@H](C(O)C(=O)[O-])O1. The lowest BCUT2D eigenvalue weighted by atomic mass is 10.0. The average molecular weight is 414 g/mol. The first-order chi connectivity index (χ1) is 13.4. The Hall–Kier alpha value is -3.06. The minimum Gasteiger partial charge on any atom is -0.547 e. The lowest BCUT2D eigenvalue weighted by Crippen LogP contribution is -2.62. The molecule has 2 aromatic rings. The predicted octanol–water partition coefficient (Wildman–Crippen LogP) is -0.698. The molecule has 3 heterocycles. The number of aliphatic hydroxyl groups is 1. The molecule has 1 fully saturated rings. The first-order valence-corrected chi connectivity index (χ1v) is 8.23. The van der Waals surface area contributed by atoms with Crippen LogP contribution in [0.2, 0.25) is 0 Å². The Morgan fingerprint density at radius 1 is 1.45 bits per heavy atom. The van der Waals surface area contributed by atoms with Gasteiger partial charge in [0.15, 0.2) is 17.6 Å². The van der Waals surface area contributed by atoms with Crippen molar-refractivity contribution in [3.63, 3.8) is 0 Å². The second-order valence-electron chi connectivity index (χ2n) is 6.90. The number of hydrogen-bond acceptors (Lipinski definition) is 8. The second-order valence-corrected chi connectivity index (χ2v) is 6.90. The van der Waals surface area contributed by atoms with Gasteiger partial charge in [0, 0.05) is 12.3 Å². The van der Waals surface area contributed by atoms with E-state index in [-0.39, 0.29) is 18.1 Å². The summed E-state index contributed by atoms with van der Waals surface area (Å²) in [4.78, 5) is 24.7. The van der Waals surface area contributed by atoms with Gasteiger partial charge in [-0.05, 0) is 19.9 Å². The molecule has 2 aromatic heterocycles. The van der Waals surface area contributed by atoms with Crippen molar-refractivity contribution in [2.45, 2.75) is 37.8 Å². The number of morpholine rings is 1. The standard InChI is InChI=1S/C16H16F3N5O5/c1-15(2)7-23(13(26)12(29-15)11(25)14(27)28)10-3-4-24(22-10)8-5-9(16(17,18)19)21-20-6-8/h3-6,11-12,25H,7H2,1-2H3,(H,27,28)/p-1/t11?,12-/m1/s1. The Morgan fingerprint density at radius 2 is 2.14 bits per heavy atom. The Balaban J connectivity index is 1.93. The van der Waals surface area contributed by atoms with E-state index in [1.54, 1.807) is 13.8 Å². The highest BCUT2D eigenvalue weighted by Gasteiger charge is 2.44. The van der Waals surface area contributed by atoms with Crippen LogP contribution in [0.3, 0.4) is 0 Å². The van der Waals surface area contributed by atoms with Gasteiger partial charge in [-0.15, -0.1) is 10.2 Å². The summed E-state index contributed by atoms with van der Waals surface area (Å²) < 4.78 is 44.9. The summed E-state index contributed by atoms with van der Waals surface area (Å²) in [5.74, 6) is -2.74. The number of aliphatic carboxylic acids is 1. The second kappa shape index (κ2) is 7.08. The van der Waals surface area contributed by atoms with Gasteiger partial charge in [0.2, 0.25) is 0 Å². The van der Waals surface area contributed by atoms with Crippen LogP contribution in [0.25, 0.3) is 5.69 Å². The molecule has 156 valence electrons. The molecule has 1 amide bonds. The number of carboxylic acids is 1. The summed E-state index contributed by atoms with van der Waals surface area (Å²) in [6.45, 7) is 3.10. The van der Waals surface area contributed by atoms with Crippen LogP contribution in [-0.4, -0.2) is 61.3 Å². The summed E-state index contributed by atoms with van der Waals surface area (Å²) in [7, 11) is 0. The first kappa shape index (κ1) is 20.7. The molecule has 10 nitrogen and oxygen atoms in total. The van der Waals surface area contributed by atoms with Crippen LogP contribution < -0.4 is 10.0 Å². The van der Waals surface area contributed by atoms with Gasteiger partial charge in [-0.25, -0.2) is 4.68 Å². The maximum Gasteiger partial charge on any atom is 0.435 e. The zero-order valence-corrected chi connectivity index (χ0v) is 15.1. The minimum atomic E-state index is -4.70. The van der Waals surface area contributed by atoms with Gasteiger partial charge < -0.3 is 19.7 Å². The molecule has 1 N–H and O–H groups in total. The number of aliphatic hydroxyl groups excluding tert-OH is 1. The molecule has 0 saturated carbocycles. The fourth-order valence-corrected chi connectivity index (χ4v) is 2.78. The molecule has 1 saturated heterocycles. The van der Waals surface area contributed by atoms with Crippen molar-refractivity contribution in [3.05, 3.63) is 30.2 Å². The molecule has 0 spiro atoms. The van der Waals surface area contributed by atoms with Crippen molar-refractivity contribution in [2.24, 2.45) is 0 Å². The van der Waals surface area contributed by atoms with Crippen molar-refractivity contribution in [2.75, 3.05) is 11.4 Å². The highest BCUT2D eigenvalue weighted by atomic mass is 19.4. The molecule has 1 aliphatic heterocycles. The number of hydrogen-bond donors (Lipinski definition) is 1. The van der Waals surface area contributed by atoms with E-state index in [1.165, 1.54) is 12.3 Å². The summed E-state index contributed by atoms with van der Waals surface area (Å²) >= 11 is 0. The van der Waals surface area contributed by atoms with Crippen molar-refractivity contribution < 1.29 is 37.7 Å². The zero-order valence-electron chi connectivity index (χ0n) is 15.1. The smallest absolute Gasteiger partial charge is 0.435 e. The Kier molecular flexibility index (Phi) is 5.04. The molecule has 0 aromatic carbocycles. The molecule has 1 aliphatic rings. The molecule has 0 radical (unpaired) electrons. The lowest BCUT2D eigenvalue weighted by Gasteiger charge is -2.42. The monoisotopic (exact) mass is 414 g/mol. The van der Waals surface area contributed by atoms with E-state index in [0.717, 1.165) is 21.8 Å². The Morgan fingerprint density at radius 3 is 2.76 bits per heavy atom. The number of amides is 1. The van der Waals surface area contributed by atoms with Crippen LogP contribution in [0.5, 0.6) is 0 Å². The van der Waals surface area contributed by atoms with E-state index >= 15 is 0 Å². The number of rotatable bonds is 4. The Labute approximate surface area is 161 Å². The van der Waals surface area contributed by atoms with Gasteiger partial charge in [0.25, 0.3) is 5.91 Å². The van der Waals surface area contributed by atoms with E-state index in [9.17, 15) is 33.0 Å². The van der Waals surface area contributed by atoms with Crippen LogP contribution >= 0.6 is 0 Å². The quantitative estimate of drug-likeness (QED) is 0.695. The molecule has 0 aliphatic carbocycles. The summed E-state index contributed by atoms with van der Waals surface area (Å²) in [5, 5.41) is 31.1. The highest BCUT2D eigenvalue weighted by Crippen LogP contribution is 2.30. The topological polar surface area (TPSA) is 134 Å². The van der Waals surface area contributed by atoms with Crippen LogP contribution in [0.15, 0.2) is 24.5 Å². The maximum atomic E-state index is 12.8. The number of ether oxygens (including phenoxy) is 1. The number of nitrogens with zero attached hydrogens (tertiary/aromatic N) is 5. The third-order valence-corrected chi connectivity index (χ3v) is 4.07. The van der Waals surface area contributed by atoms with Crippen molar-refractivity contribution >= 4 is 17.7 Å². The van der Waals surface area contributed by atoms with Crippen LogP contribution in [0, 0.1) is 0 Å². The van der Waals surface area contributed by atoms with Crippen molar-refractivity contribution in [1.82, 2.24) is 20.0 Å². The normalized spacial score (nSPS) is 20.6. The van der Waals surface area contributed by atoms with Crippen molar-refractivity contribution in [1.29, 1.82) is 0 Å². The van der Waals surface area contributed by atoms with E-state index in [1.807, 2.05) is 0 Å². The maximum absolute atomic E-state index is 12.8. The average Bonchev–Trinajstić information content (AvgIpc) is 3.12. The summed E-state index contributed by atoms with van der Waals surface area (Å²) in [5.41, 5.74) is -2.31. The molecule has 0 bridgehead atoms. The number of alkyl halides is 3. The van der Waals surface area contributed by atoms with E-state index in [0.29, 0.717) is 0 Å². The summed E-state index contributed by atoms with van der Waals surface area (Å²) in [6, 6.07) is 2.08. The molecule has 2 atom stereocenters. The minimum absolute atomic E-state index is 0.0206. The Bertz CT molecular complexity index is 945. The van der Waals surface area contributed by atoms with Crippen LogP contribution in [0.1, 0.15) is 19.5 Å². The number of carboxylic acid groups (broad SMARTS) is 1. The number of carbonyl (C=O) groups is 2. The molecule has 13 heteroatoms. The lowest BCUT2D eigenvalue weighted by molar-refractivity contribution is -0.319. The fourth-order valence-electron chi connectivity index (χ4n) is 2.78. The highest BCUT2D eigenvalue weighted by molar-refractivity contribution is 5.99. The third kappa shape index (κ3) is 4.19. The zero-order chi connectivity index (χ0) is 21.6. The number of anilines is 1. The predicted molar refractivity (Wildman–Crippen MR) is 86.5 cm³/mol. The largest absolute Gasteiger partial charge is 0.547 e. The third-order valence-electron chi connectivity index (χ3n) is 4.07. The van der Waals surface area contributed by atoms with Crippen LogP contribution in [-0.2, 0) is 20.5 Å². The fraction of sp³-hybridized carbons (Fsp3) is 0.438. The summed E-state index contributed by atoms with van der Waals surface area (Å²) in [6.07, 6.45) is -6.28. The number of halogens is 3. The number of carbonyl (C=O) groups excluding carboxylic acids is 2. The van der Waals surface area contributed by atoms with Gasteiger partial charge in [-0.3, -0.25) is 9.69 Å². The van der Waals surface area contributed by atoms with Gasteiger partial charge in [0.05, 0.1) is 30.0 Å². The van der Waals surface area contributed by atoms with Gasteiger partial charge in [-0.1, -0.05) is 0 Å². The molecule has 3 rings (SSSR count). The van der Waals surface area contributed by atoms with Gasteiger partial charge in [-0.2, -0.15) is 18.3 Å². The molecular weight excluding hydrogens is 399 g/mol. The van der Waals surface area contributed by atoms with Crippen molar-refractivity contribution in [3.8, 4) is 5.69 Å². The molecule has 1 unspecified atom stereocenters. The van der Waals surface area contributed by atoms with Crippen LogP contribution in [0.4, 0.5) is 19.0 Å². The van der Waals surface area contributed by atoms with E-state index in [2.05, 4.69) is 15.3 Å². The first-order valence-electron chi connectivity index (χ1n) is 8.23. The van der Waals surface area contributed by atoms with Gasteiger partial charge in [0.1, 0.15) is 6.10 Å². The molecule has 29 heavy (non-hydrogen) atoms.